The normalized spacial score (nSPS) is 11.1. The number of sulfonamides is 1. The van der Waals surface area contributed by atoms with Crippen molar-refractivity contribution in [3.05, 3.63) is 29.8 Å². The molecule has 0 bridgehead atoms. The number of carbonyl (C=O) groups is 1. The van der Waals surface area contributed by atoms with E-state index in [4.69, 9.17) is 4.74 Å². The van der Waals surface area contributed by atoms with Crippen LogP contribution in [0.3, 0.4) is 0 Å². The summed E-state index contributed by atoms with van der Waals surface area (Å²) >= 11 is 0. The first-order valence-corrected chi connectivity index (χ1v) is 7.99. The van der Waals surface area contributed by atoms with Crippen LogP contribution in [0.15, 0.2) is 24.3 Å². The maximum atomic E-state index is 11.5. The second-order valence-electron chi connectivity index (χ2n) is 4.14. The highest BCUT2D eigenvalue weighted by atomic mass is 32.2. The summed E-state index contributed by atoms with van der Waals surface area (Å²) in [5.74, 6) is 0.381. The summed E-state index contributed by atoms with van der Waals surface area (Å²) in [5, 5.41) is 2.66. The molecule has 0 aliphatic heterocycles. The van der Waals surface area contributed by atoms with E-state index in [1.54, 1.807) is 7.11 Å². The van der Waals surface area contributed by atoms with E-state index in [0.29, 0.717) is 13.0 Å². The number of rotatable bonds is 8. The Morgan fingerprint density at radius 1 is 1.30 bits per heavy atom. The lowest BCUT2D eigenvalue weighted by molar-refractivity contribution is -0.119. The quantitative estimate of drug-likeness (QED) is 0.723. The Bertz CT molecular complexity index is 543. The van der Waals surface area contributed by atoms with Crippen LogP contribution < -0.4 is 14.8 Å². The van der Waals surface area contributed by atoms with Gasteiger partial charge in [0.2, 0.25) is 15.9 Å². The van der Waals surface area contributed by atoms with Gasteiger partial charge in [0, 0.05) is 6.54 Å². The first-order chi connectivity index (χ1) is 9.48. The Kier molecular flexibility index (Phi) is 6.47. The Morgan fingerprint density at radius 2 is 2.00 bits per heavy atom. The van der Waals surface area contributed by atoms with Crippen LogP contribution in [0, 0.1) is 0 Å². The second kappa shape index (κ2) is 7.86. The van der Waals surface area contributed by atoms with Crippen molar-refractivity contribution in [2.24, 2.45) is 0 Å². The van der Waals surface area contributed by atoms with E-state index >= 15 is 0 Å². The van der Waals surface area contributed by atoms with E-state index in [1.807, 2.05) is 24.3 Å². The molecule has 1 aromatic rings. The van der Waals surface area contributed by atoms with Crippen molar-refractivity contribution in [2.45, 2.75) is 13.3 Å². The number of benzene rings is 1. The van der Waals surface area contributed by atoms with E-state index in [9.17, 15) is 13.2 Å². The summed E-state index contributed by atoms with van der Waals surface area (Å²) in [6.45, 7) is 1.71. The van der Waals surface area contributed by atoms with Gasteiger partial charge in [-0.05, 0) is 25.0 Å². The predicted molar refractivity (Wildman–Crippen MR) is 77.2 cm³/mol. The summed E-state index contributed by atoms with van der Waals surface area (Å²) in [4.78, 5) is 11.5. The Hall–Kier alpha value is -1.60. The smallest absolute Gasteiger partial charge is 0.235 e. The lowest BCUT2D eigenvalue weighted by atomic mass is 10.1. The molecule has 0 aromatic heterocycles. The fraction of sp³-hybridized carbons (Fsp3) is 0.462. The molecule has 0 aliphatic rings. The Labute approximate surface area is 119 Å². The summed E-state index contributed by atoms with van der Waals surface area (Å²) in [5.41, 5.74) is 0.990. The highest BCUT2D eigenvalue weighted by Crippen LogP contribution is 2.17. The van der Waals surface area contributed by atoms with Crippen molar-refractivity contribution in [1.29, 1.82) is 0 Å². The molecule has 0 aliphatic carbocycles. The van der Waals surface area contributed by atoms with Crippen LogP contribution in [0.5, 0.6) is 5.75 Å². The zero-order valence-electron chi connectivity index (χ0n) is 11.7. The maximum absolute atomic E-state index is 11.5. The lowest BCUT2D eigenvalue weighted by Gasteiger charge is -2.09. The number of carbonyl (C=O) groups excluding carboxylic acids is 1. The monoisotopic (exact) mass is 300 g/mol. The number of methoxy groups -OCH3 is 1. The largest absolute Gasteiger partial charge is 0.496 e. The molecule has 0 spiro atoms. The van der Waals surface area contributed by atoms with E-state index in [2.05, 4.69) is 10.0 Å². The maximum Gasteiger partial charge on any atom is 0.235 e. The first kappa shape index (κ1) is 16.5. The van der Waals surface area contributed by atoms with Gasteiger partial charge in [-0.15, -0.1) is 0 Å². The molecule has 2 N–H and O–H groups in total. The van der Waals surface area contributed by atoms with Gasteiger partial charge in [0.25, 0.3) is 0 Å². The molecule has 0 fully saturated rings. The third-order valence-electron chi connectivity index (χ3n) is 2.74. The van der Waals surface area contributed by atoms with Crippen LogP contribution >= 0.6 is 0 Å². The second-order valence-corrected chi connectivity index (χ2v) is 6.23. The number of hydrogen-bond donors (Lipinski definition) is 2. The van der Waals surface area contributed by atoms with E-state index in [0.717, 1.165) is 11.3 Å². The number of amides is 1. The van der Waals surface area contributed by atoms with Gasteiger partial charge in [0.15, 0.2) is 0 Å². The van der Waals surface area contributed by atoms with Gasteiger partial charge < -0.3 is 10.1 Å². The molecule has 1 aromatic carbocycles. The molecule has 112 valence electrons. The summed E-state index contributed by atoms with van der Waals surface area (Å²) < 4.78 is 29.8. The number of nitrogens with one attached hydrogen (secondary N) is 2. The number of hydrogen-bond acceptors (Lipinski definition) is 4. The van der Waals surface area contributed by atoms with Crippen LogP contribution in [-0.4, -0.2) is 40.3 Å². The number of ether oxygens (including phenoxy) is 1. The molecular formula is C13H20N2O4S. The topological polar surface area (TPSA) is 84.5 Å². The van der Waals surface area contributed by atoms with Gasteiger partial charge >= 0.3 is 0 Å². The van der Waals surface area contributed by atoms with Gasteiger partial charge in [-0.25, -0.2) is 13.1 Å². The molecule has 0 saturated carbocycles. The summed E-state index contributed by atoms with van der Waals surface area (Å²) in [6, 6.07) is 7.55. The Balaban J connectivity index is 2.35. The lowest BCUT2D eigenvalue weighted by Crippen LogP contribution is -2.38. The molecule has 0 saturated heterocycles. The van der Waals surface area contributed by atoms with E-state index < -0.39 is 10.0 Å². The van der Waals surface area contributed by atoms with Crippen LogP contribution in [0.1, 0.15) is 12.5 Å². The van der Waals surface area contributed by atoms with Crippen LogP contribution in [-0.2, 0) is 21.2 Å². The van der Waals surface area contributed by atoms with Crippen molar-refractivity contribution in [2.75, 3.05) is 26.0 Å². The third-order valence-corrected chi connectivity index (χ3v) is 4.09. The first-order valence-electron chi connectivity index (χ1n) is 6.34. The average Bonchev–Trinajstić information content (AvgIpc) is 2.46. The van der Waals surface area contributed by atoms with E-state index in [-0.39, 0.29) is 18.2 Å². The van der Waals surface area contributed by atoms with Gasteiger partial charge in [0.05, 0.1) is 19.4 Å². The van der Waals surface area contributed by atoms with Crippen molar-refractivity contribution < 1.29 is 17.9 Å². The molecule has 0 unspecified atom stereocenters. The highest BCUT2D eigenvalue weighted by molar-refractivity contribution is 7.89. The Morgan fingerprint density at radius 3 is 2.65 bits per heavy atom. The third kappa shape index (κ3) is 5.58. The minimum Gasteiger partial charge on any atom is -0.496 e. The van der Waals surface area contributed by atoms with Gasteiger partial charge in [-0.2, -0.15) is 0 Å². The molecular weight excluding hydrogens is 280 g/mol. The average molecular weight is 300 g/mol. The van der Waals surface area contributed by atoms with Crippen molar-refractivity contribution in [3.8, 4) is 5.75 Å². The number of para-hydroxylation sites is 1. The van der Waals surface area contributed by atoms with Crippen molar-refractivity contribution in [3.63, 3.8) is 0 Å². The highest BCUT2D eigenvalue weighted by Gasteiger charge is 2.09. The van der Waals surface area contributed by atoms with Crippen LogP contribution in [0.2, 0.25) is 0 Å². The minimum atomic E-state index is -3.33. The zero-order chi connectivity index (χ0) is 15.0. The molecule has 6 nitrogen and oxygen atoms in total. The minimum absolute atomic E-state index is 0.0402. The van der Waals surface area contributed by atoms with Crippen molar-refractivity contribution in [1.82, 2.24) is 10.0 Å². The fourth-order valence-electron chi connectivity index (χ4n) is 1.59. The van der Waals surface area contributed by atoms with Crippen LogP contribution in [0.25, 0.3) is 0 Å². The molecule has 7 heteroatoms. The van der Waals surface area contributed by atoms with Gasteiger partial charge in [-0.3, -0.25) is 4.79 Å². The predicted octanol–water partition coefficient (Wildman–Crippen LogP) is 0.293. The summed E-state index contributed by atoms with van der Waals surface area (Å²) in [7, 11) is -1.74. The molecule has 0 radical (unpaired) electrons. The van der Waals surface area contributed by atoms with Crippen LogP contribution in [0.4, 0.5) is 0 Å². The molecule has 20 heavy (non-hydrogen) atoms. The van der Waals surface area contributed by atoms with E-state index in [1.165, 1.54) is 6.92 Å². The zero-order valence-corrected chi connectivity index (χ0v) is 12.5. The summed E-state index contributed by atoms with van der Waals surface area (Å²) in [6.07, 6.45) is 0.621. The standard InChI is InChI=1S/C13H20N2O4S/c1-3-20(17,18)15-10-13(16)14-9-8-11-6-4-5-7-12(11)19-2/h4-7,15H,3,8-10H2,1-2H3,(H,14,16). The molecule has 1 rings (SSSR count). The van der Waals surface area contributed by atoms with Gasteiger partial charge in [0.1, 0.15) is 5.75 Å². The SMILES string of the molecule is CCS(=O)(=O)NCC(=O)NCCc1ccccc1OC. The van der Waals surface area contributed by atoms with Gasteiger partial charge in [-0.1, -0.05) is 18.2 Å². The molecule has 0 heterocycles. The molecule has 0 atom stereocenters. The fourth-order valence-corrected chi connectivity index (χ4v) is 2.14. The molecule has 1 amide bonds. The van der Waals surface area contributed by atoms with Crippen molar-refractivity contribution >= 4 is 15.9 Å².